The summed E-state index contributed by atoms with van der Waals surface area (Å²) >= 11 is 11.8. The van der Waals surface area contributed by atoms with Gasteiger partial charge in [0.05, 0.1) is 26.2 Å². The molecule has 6 nitrogen and oxygen atoms in total. The first-order valence-corrected chi connectivity index (χ1v) is 12.9. The maximum absolute atomic E-state index is 13.3. The maximum Gasteiger partial charge on any atom is 0.417 e. The van der Waals surface area contributed by atoms with Gasteiger partial charge in [0.2, 0.25) is 0 Å². The number of benzene rings is 3. The minimum Gasteiger partial charge on any atom is -0.482 e. The summed E-state index contributed by atoms with van der Waals surface area (Å²) in [5.41, 5.74) is 0.355. The number of fused-ring (bicyclic) bond motifs is 1. The third-order valence-corrected chi connectivity index (χ3v) is 7.91. The molecule has 0 atom stereocenters. The Hall–Kier alpha value is -2.95. The molecule has 0 fully saturated rings. The molecule has 4 rings (SSSR count). The molecule has 0 aliphatic carbocycles. The van der Waals surface area contributed by atoms with Crippen molar-refractivity contribution in [2.75, 3.05) is 22.8 Å². The van der Waals surface area contributed by atoms with Crippen LogP contribution in [-0.4, -0.2) is 27.5 Å². The van der Waals surface area contributed by atoms with E-state index >= 15 is 0 Å². The number of amides is 1. The summed E-state index contributed by atoms with van der Waals surface area (Å²) in [5.74, 6) is -0.708. The number of nitrogens with zero attached hydrogens (tertiary/aromatic N) is 1. The van der Waals surface area contributed by atoms with Crippen LogP contribution in [-0.2, 0) is 27.4 Å². The van der Waals surface area contributed by atoms with Gasteiger partial charge in [0, 0.05) is 12.2 Å². The summed E-state index contributed by atoms with van der Waals surface area (Å²) < 4.78 is 72.3. The second-order valence-electron chi connectivity index (χ2n) is 7.93. The minimum atomic E-state index is -4.68. The summed E-state index contributed by atoms with van der Waals surface area (Å²) in [4.78, 5) is 12.2. The fourth-order valence-electron chi connectivity index (χ4n) is 3.80. The lowest BCUT2D eigenvalue weighted by Gasteiger charge is -2.30. The normalized spacial score (nSPS) is 13.8. The number of halogens is 5. The molecule has 1 heterocycles. The van der Waals surface area contributed by atoms with Crippen molar-refractivity contribution in [2.45, 2.75) is 23.9 Å². The monoisotopic (exact) mass is 558 g/mol. The Balaban J connectivity index is 1.45. The molecule has 0 bridgehead atoms. The summed E-state index contributed by atoms with van der Waals surface area (Å²) in [6.07, 6.45) is -3.22. The molecular formula is C24H19Cl2F3N2O4S. The lowest BCUT2D eigenvalue weighted by molar-refractivity contribution is -0.137. The van der Waals surface area contributed by atoms with E-state index < -0.39 is 39.3 Å². The first-order valence-electron chi connectivity index (χ1n) is 10.7. The molecule has 0 spiro atoms. The topological polar surface area (TPSA) is 75.7 Å². The van der Waals surface area contributed by atoms with E-state index in [2.05, 4.69) is 5.32 Å². The van der Waals surface area contributed by atoms with Gasteiger partial charge < -0.3 is 10.1 Å². The second kappa shape index (κ2) is 10.2. The highest BCUT2D eigenvalue weighted by molar-refractivity contribution is 7.92. The predicted molar refractivity (Wildman–Crippen MR) is 131 cm³/mol. The van der Waals surface area contributed by atoms with Crippen LogP contribution in [0.25, 0.3) is 0 Å². The Kier molecular flexibility index (Phi) is 7.40. The van der Waals surface area contributed by atoms with Gasteiger partial charge in [-0.3, -0.25) is 9.10 Å². The third kappa shape index (κ3) is 5.55. The van der Waals surface area contributed by atoms with E-state index in [9.17, 15) is 26.4 Å². The van der Waals surface area contributed by atoms with Crippen molar-refractivity contribution in [2.24, 2.45) is 0 Å². The van der Waals surface area contributed by atoms with Crippen molar-refractivity contribution in [3.05, 3.63) is 81.8 Å². The van der Waals surface area contributed by atoms with Crippen molar-refractivity contribution >= 4 is 50.5 Å². The van der Waals surface area contributed by atoms with Gasteiger partial charge in [-0.2, -0.15) is 13.2 Å². The lowest BCUT2D eigenvalue weighted by Crippen LogP contribution is -2.35. The molecule has 1 amide bonds. The molecule has 3 aromatic carbocycles. The molecule has 0 radical (unpaired) electrons. The molecule has 1 aliphatic rings. The van der Waals surface area contributed by atoms with Gasteiger partial charge in [0.15, 0.2) is 6.61 Å². The molecule has 3 aromatic rings. The van der Waals surface area contributed by atoms with E-state index in [0.717, 1.165) is 18.1 Å². The van der Waals surface area contributed by atoms with E-state index in [0.29, 0.717) is 24.7 Å². The number of alkyl halides is 3. The summed E-state index contributed by atoms with van der Waals surface area (Å²) in [5, 5.41) is 1.76. The number of aryl methyl sites for hydroxylation is 1. The zero-order valence-electron chi connectivity index (χ0n) is 18.5. The fourth-order valence-corrected chi connectivity index (χ4v) is 5.89. The van der Waals surface area contributed by atoms with Crippen LogP contribution >= 0.6 is 23.2 Å². The Bertz CT molecular complexity index is 1410. The smallest absolute Gasteiger partial charge is 0.417 e. The molecule has 0 unspecified atom stereocenters. The average molecular weight is 559 g/mol. The quantitative estimate of drug-likeness (QED) is 0.392. The molecule has 1 N–H and O–H groups in total. The van der Waals surface area contributed by atoms with Gasteiger partial charge in [0.1, 0.15) is 5.75 Å². The van der Waals surface area contributed by atoms with Crippen molar-refractivity contribution in [1.29, 1.82) is 0 Å². The van der Waals surface area contributed by atoms with Crippen LogP contribution in [0.5, 0.6) is 5.75 Å². The number of sulfonamides is 1. The van der Waals surface area contributed by atoms with Crippen LogP contribution in [0.3, 0.4) is 0 Å². The highest BCUT2D eigenvalue weighted by atomic mass is 35.5. The van der Waals surface area contributed by atoms with E-state index in [1.54, 1.807) is 12.1 Å². The molecule has 0 saturated carbocycles. The van der Waals surface area contributed by atoms with Gasteiger partial charge in [-0.05, 0) is 60.9 Å². The number of para-hydroxylation sites is 1. The van der Waals surface area contributed by atoms with E-state index in [4.69, 9.17) is 27.9 Å². The van der Waals surface area contributed by atoms with Gasteiger partial charge in [-0.15, -0.1) is 0 Å². The molecule has 1 aliphatic heterocycles. The van der Waals surface area contributed by atoms with Crippen molar-refractivity contribution in [3.63, 3.8) is 0 Å². The standard InChI is InChI=1S/C24H19Cl2F3N2O4S/c25-19-9-7-16(12-18(19)24(27,28)29)30-23(32)14-35-22-10-8-17(13-20(22)26)36(33,34)31-11-3-5-15-4-1-2-6-21(15)31/h1-2,4,6-10,12-13H,3,5,11,14H2,(H,30,32). The van der Waals surface area contributed by atoms with Gasteiger partial charge in [-0.1, -0.05) is 41.4 Å². The first kappa shape index (κ1) is 26.1. The number of nitrogens with one attached hydrogen (secondary N) is 1. The molecular weight excluding hydrogens is 540 g/mol. The van der Waals surface area contributed by atoms with Crippen molar-refractivity contribution in [1.82, 2.24) is 0 Å². The Morgan fingerprint density at radius 3 is 2.50 bits per heavy atom. The molecule has 0 saturated heterocycles. The minimum absolute atomic E-state index is 0.0388. The Morgan fingerprint density at radius 1 is 1.03 bits per heavy atom. The number of ether oxygens (including phenoxy) is 1. The molecule has 190 valence electrons. The number of hydrogen-bond acceptors (Lipinski definition) is 4. The van der Waals surface area contributed by atoms with Crippen LogP contribution in [0.4, 0.5) is 24.5 Å². The highest BCUT2D eigenvalue weighted by Gasteiger charge is 2.33. The van der Waals surface area contributed by atoms with Crippen LogP contribution in [0.1, 0.15) is 17.5 Å². The number of rotatable bonds is 6. The van der Waals surface area contributed by atoms with Crippen LogP contribution in [0.15, 0.2) is 65.6 Å². The summed E-state index contributed by atoms with van der Waals surface area (Å²) in [6.45, 7) is -0.245. The van der Waals surface area contributed by atoms with E-state index in [1.165, 1.54) is 28.6 Å². The Morgan fingerprint density at radius 2 is 1.78 bits per heavy atom. The van der Waals surface area contributed by atoms with E-state index in [-0.39, 0.29) is 21.4 Å². The van der Waals surface area contributed by atoms with Gasteiger partial charge in [-0.25, -0.2) is 8.42 Å². The average Bonchev–Trinajstić information content (AvgIpc) is 2.83. The zero-order valence-corrected chi connectivity index (χ0v) is 20.8. The molecule has 0 aromatic heterocycles. The third-order valence-electron chi connectivity index (χ3n) is 5.47. The number of carbonyl (C=O) groups excluding carboxylic acids is 1. The van der Waals surface area contributed by atoms with Gasteiger partial charge in [0.25, 0.3) is 15.9 Å². The number of hydrogen-bond donors (Lipinski definition) is 1. The number of carbonyl (C=O) groups is 1. The fraction of sp³-hybridized carbons (Fsp3) is 0.208. The largest absolute Gasteiger partial charge is 0.482 e. The predicted octanol–water partition coefficient (Wildman–Crippen LogP) is 6.17. The zero-order chi connectivity index (χ0) is 26.1. The second-order valence-corrected chi connectivity index (χ2v) is 10.6. The maximum atomic E-state index is 13.3. The number of anilines is 2. The summed E-state index contributed by atoms with van der Waals surface area (Å²) in [7, 11) is -3.90. The van der Waals surface area contributed by atoms with Gasteiger partial charge >= 0.3 is 6.18 Å². The molecule has 36 heavy (non-hydrogen) atoms. The Labute approximate surface area is 215 Å². The SMILES string of the molecule is O=C(COc1ccc(S(=O)(=O)N2CCCc3ccccc32)cc1Cl)Nc1ccc(Cl)c(C(F)(F)F)c1. The van der Waals surface area contributed by atoms with Crippen molar-refractivity contribution < 1.29 is 31.1 Å². The van der Waals surface area contributed by atoms with Crippen LogP contribution in [0.2, 0.25) is 10.0 Å². The van der Waals surface area contributed by atoms with Crippen molar-refractivity contribution in [3.8, 4) is 5.75 Å². The first-order chi connectivity index (χ1) is 17.0. The van der Waals surface area contributed by atoms with Crippen LogP contribution in [0, 0.1) is 0 Å². The van der Waals surface area contributed by atoms with E-state index in [1.807, 2.05) is 12.1 Å². The highest BCUT2D eigenvalue weighted by Crippen LogP contribution is 2.37. The van der Waals surface area contributed by atoms with Crippen LogP contribution < -0.4 is 14.4 Å². The molecule has 12 heteroatoms. The summed E-state index contributed by atoms with van der Waals surface area (Å²) in [6, 6.07) is 14.1. The lowest BCUT2D eigenvalue weighted by atomic mass is 10.0.